The number of hydrogen-bond acceptors (Lipinski definition) is 3. The molecule has 0 aromatic heterocycles. The van der Waals surface area contributed by atoms with E-state index in [1.54, 1.807) is 31.3 Å². The minimum Gasteiger partial charge on any atom is -0.352 e. The van der Waals surface area contributed by atoms with Crippen molar-refractivity contribution in [2.45, 2.75) is 20.4 Å². The number of nitrogens with two attached hydrogens (primary N) is 1. The van der Waals surface area contributed by atoms with Crippen LogP contribution in [0, 0.1) is 13.8 Å². The third kappa shape index (κ3) is 5.57. The first-order chi connectivity index (χ1) is 12.8. The molecule has 7 nitrogen and oxygen atoms in total. The molecule has 0 aliphatic carbocycles. The quantitative estimate of drug-likeness (QED) is 0.728. The van der Waals surface area contributed by atoms with Gasteiger partial charge in [0.15, 0.2) is 0 Å². The molecule has 2 aromatic rings. The topological polar surface area (TPSA) is 105 Å². The van der Waals surface area contributed by atoms with Crippen molar-refractivity contribution >= 4 is 23.5 Å². The first-order valence-electron chi connectivity index (χ1n) is 8.51. The first-order valence-corrected chi connectivity index (χ1v) is 8.51. The highest BCUT2D eigenvalue weighted by atomic mass is 16.2. The largest absolute Gasteiger partial charge is 0.352 e. The summed E-state index contributed by atoms with van der Waals surface area (Å²) in [6.45, 7) is 4.15. The molecule has 2 rings (SSSR count). The van der Waals surface area contributed by atoms with Crippen LogP contribution in [-0.2, 0) is 11.3 Å². The molecule has 0 radical (unpaired) electrons. The average molecular weight is 368 g/mol. The predicted molar refractivity (Wildman–Crippen MR) is 104 cm³/mol. The first kappa shape index (κ1) is 20.0. The fourth-order valence-corrected chi connectivity index (χ4v) is 2.54. The lowest BCUT2D eigenvalue weighted by Crippen LogP contribution is -2.35. The Kier molecular flexibility index (Phi) is 6.54. The molecule has 0 atom stereocenters. The van der Waals surface area contributed by atoms with Gasteiger partial charge in [-0.15, -0.1) is 0 Å². The monoisotopic (exact) mass is 368 g/mol. The molecule has 4 N–H and O–H groups in total. The number of primary amides is 1. The molecule has 0 aliphatic rings. The summed E-state index contributed by atoms with van der Waals surface area (Å²) in [5.74, 6) is -0.526. The zero-order valence-corrected chi connectivity index (χ0v) is 15.7. The molecule has 0 saturated carbocycles. The van der Waals surface area contributed by atoms with E-state index in [4.69, 9.17) is 5.73 Å². The van der Waals surface area contributed by atoms with E-state index in [1.807, 2.05) is 32.0 Å². The summed E-state index contributed by atoms with van der Waals surface area (Å²) >= 11 is 0. The number of hydrogen-bond donors (Lipinski definition) is 3. The van der Waals surface area contributed by atoms with Crippen LogP contribution in [0.4, 0.5) is 10.5 Å². The molecule has 0 spiro atoms. The van der Waals surface area contributed by atoms with Crippen molar-refractivity contribution in [2.75, 3.05) is 18.9 Å². The number of carbonyl (C=O) groups is 3. The molecular weight excluding hydrogens is 344 g/mol. The van der Waals surface area contributed by atoms with Crippen LogP contribution in [0.1, 0.15) is 27.0 Å². The summed E-state index contributed by atoms with van der Waals surface area (Å²) in [7, 11) is 1.58. The smallest absolute Gasteiger partial charge is 0.312 e. The number of nitrogens with zero attached hydrogens (tertiary/aromatic N) is 1. The van der Waals surface area contributed by atoms with Crippen LogP contribution in [0.15, 0.2) is 42.5 Å². The normalized spacial score (nSPS) is 10.2. The Morgan fingerprint density at radius 1 is 1.04 bits per heavy atom. The Labute approximate surface area is 158 Å². The van der Waals surface area contributed by atoms with Gasteiger partial charge in [0.1, 0.15) is 0 Å². The van der Waals surface area contributed by atoms with Gasteiger partial charge in [-0.25, -0.2) is 4.79 Å². The predicted octanol–water partition coefficient (Wildman–Crippen LogP) is 2.18. The number of carbonyl (C=O) groups excluding carboxylic acids is 3. The van der Waals surface area contributed by atoms with Crippen molar-refractivity contribution in [3.05, 3.63) is 64.7 Å². The van der Waals surface area contributed by atoms with Crippen molar-refractivity contribution in [1.29, 1.82) is 0 Å². The molecule has 2 aromatic carbocycles. The molecule has 0 unspecified atom stereocenters. The number of nitrogens with one attached hydrogen (secondary N) is 2. The standard InChI is InChI=1S/C20H24N4O3/c1-13-5-4-6-17(14(13)2)23-18(25)12-24(3)19(26)16-9-7-15(8-10-16)11-22-20(21)27/h4-10H,11-12H2,1-3H3,(H,23,25)(H3,21,22,27). The van der Waals surface area contributed by atoms with Crippen LogP contribution in [0.3, 0.4) is 0 Å². The summed E-state index contributed by atoms with van der Waals surface area (Å²) in [5.41, 5.74) is 9.14. The second-order valence-electron chi connectivity index (χ2n) is 6.37. The SMILES string of the molecule is Cc1cccc(NC(=O)CN(C)C(=O)c2ccc(CNC(N)=O)cc2)c1C. The van der Waals surface area contributed by atoms with Crippen molar-refractivity contribution in [2.24, 2.45) is 5.73 Å². The van der Waals surface area contributed by atoms with Crippen molar-refractivity contribution < 1.29 is 14.4 Å². The molecule has 0 saturated heterocycles. The minimum absolute atomic E-state index is 0.0583. The van der Waals surface area contributed by atoms with E-state index in [1.165, 1.54) is 4.90 Å². The highest BCUT2D eigenvalue weighted by molar-refractivity contribution is 5.99. The number of amides is 4. The zero-order valence-electron chi connectivity index (χ0n) is 15.7. The van der Waals surface area contributed by atoms with E-state index in [0.717, 1.165) is 22.4 Å². The zero-order chi connectivity index (χ0) is 20.0. The molecule has 0 heterocycles. The highest BCUT2D eigenvalue weighted by Gasteiger charge is 2.15. The lowest BCUT2D eigenvalue weighted by atomic mass is 10.1. The molecule has 7 heteroatoms. The Bertz CT molecular complexity index is 847. The van der Waals surface area contributed by atoms with Crippen molar-refractivity contribution in [1.82, 2.24) is 10.2 Å². The van der Waals surface area contributed by atoms with E-state index in [-0.39, 0.29) is 24.9 Å². The Hall–Kier alpha value is -3.35. The van der Waals surface area contributed by atoms with E-state index in [0.29, 0.717) is 5.56 Å². The number of aryl methyl sites for hydroxylation is 1. The van der Waals surface area contributed by atoms with Crippen LogP contribution < -0.4 is 16.4 Å². The van der Waals surface area contributed by atoms with Gasteiger partial charge in [0.25, 0.3) is 5.91 Å². The van der Waals surface area contributed by atoms with Gasteiger partial charge >= 0.3 is 6.03 Å². The number of rotatable bonds is 6. The van der Waals surface area contributed by atoms with Crippen LogP contribution in [0.25, 0.3) is 0 Å². The lowest BCUT2D eigenvalue weighted by Gasteiger charge is -2.18. The van der Waals surface area contributed by atoms with Gasteiger partial charge in [-0.05, 0) is 48.7 Å². The average Bonchev–Trinajstić information content (AvgIpc) is 2.63. The van der Waals surface area contributed by atoms with Crippen LogP contribution >= 0.6 is 0 Å². The maximum Gasteiger partial charge on any atom is 0.312 e. The summed E-state index contributed by atoms with van der Waals surface area (Å²) in [5, 5.41) is 5.32. The maximum absolute atomic E-state index is 12.5. The maximum atomic E-state index is 12.5. The molecule has 4 amide bonds. The molecular formula is C20H24N4O3. The number of benzene rings is 2. The summed E-state index contributed by atoms with van der Waals surface area (Å²) < 4.78 is 0. The van der Waals surface area contributed by atoms with Crippen LogP contribution in [0.2, 0.25) is 0 Å². The van der Waals surface area contributed by atoms with E-state index in [2.05, 4.69) is 10.6 Å². The Morgan fingerprint density at radius 3 is 2.33 bits per heavy atom. The van der Waals surface area contributed by atoms with Gasteiger partial charge < -0.3 is 21.3 Å². The van der Waals surface area contributed by atoms with Crippen LogP contribution in [0.5, 0.6) is 0 Å². The third-order valence-electron chi connectivity index (χ3n) is 4.27. The number of urea groups is 1. The highest BCUT2D eigenvalue weighted by Crippen LogP contribution is 2.18. The second kappa shape index (κ2) is 8.84. The molecule has 0 fully saturated rings. The number of anilines is 1. The minimum atomic E-state index is -0.607. The van der Waals surface area contributed by atoms with Gasteiger partial charge in [-0.2, -0.15) is 0 Å². The fourth-order valence-electron chi connectivity index (χ4n) is 2.54. The van der Waals surface area contributed by atoms with Crippen LogP contribution in [-0.4, -0.2) is 36.3 Å². The Balaban J connectivity index is 1.95. The molecule has 0 aliphatic heterocycles. The third-order valence-corrected chi connectivity index (χ3v) is 4.27. The van der Waals surface area contributed by atoms with E-state index in [9.17, 15) is 14.4 Å². The van der Waals surface area contributed by atoms with Gasteiger partial charge in [0.05, 0.1) is 6.54 Å². The molecule has 142 valence electrons. The summed E-state index contributed by atoms with van der Waals surface area (Å²) in [4.78, 5) is 36.8. The van der Waals surface area contributed by atoms with Gasteiger partial charge in [0.2, 0.25) is 5.91 Å². The molecule has 0 bridgehead atoms. The van der Waals surface area contributed by atoms with Gasteiger partial charge in [0, 0.05) is 24.8 Å². The summed E-state index contributed by atoms with van der Waals surface area (Å²) in [6.07, 6.45) is 0. The molecule has 27 heavy (non-hydrogen) atoms. The van der Waals surface area contributed by atoms with Gasteiger partial charge in [-0.3, -0.25) is 9.59 Å². The summed E-state index contributed by atoms with van der Waals surface area (Å²) in [6, 6.07) is 11.8. The lowest BCUT2D eigenvalue weighted by molar-refractivity contribution is -0.116. The van der Waals surface area contributed by atoms with E-state index < -0.39 is 6.03 Å². The second-order valence-corrected chi connectivity index (χ2v) is 6.37. The van der Waals surface area contributed by atoms with Crippen molar-refractivity contribution in [3.63, 3.8) is 0 Å². The van der Waals surface area contributed by atoms with Gasteiger partial charge in [-0.1, -0.05) is 24.3 Å². The Morgan fingerprint density at radius 2 is 1.70 bits per heavy atom. The van der Waals surface area contributed by atoms with Crippen molar-refractivity contribution in [3.8, 4) is 0 Å². The number of likely N-dealkylation sites (N-methyl/N-ethyl adjacent to an activating group) is 1. The van der Waals surface area contributed by atoms with E-state index >= 15 is 0 Å². The fraction of sp³-hybridized carbons (Fsp3) is 0.250.